The number of ether oxygens (including phenoxy) is 2. The van der Waals surface area contributed by atoms with Gasteiger partial charge < -0.3 is 9.47 Å². The third-order valence-corrected chi connectivity index (χ3v) is 4.28. The van der Waals surface area contributed by atoms with Gasteiger partial charge in [0.2, 0.25) is 0 Å². The lowest BCUT2D eigenvalue weighted by Crippen LogP contribution is -2.34. The van der Waals surface area contributed by atoms with Crippen molar-refractivity contribution in [3.05, 3.63) is 71.8 Å². The van der Waals surface area contributed by atoms with E-state index in [0.29, 0.717) is 11.1 Å². The molecule has 4 nitrogen and oxygen atoms in total. The molecule has 0 radical (unpaired) electrons. The summed E-state index contributed by atoms with van der Waals surface area (Å²) >= 11 is 0. The van der Waals surface area contributed by atoms with Crippen molar-refractivity contribution in [1.82, 2.24) is 0 Å². The molecule has 0 aliphatic carbocycles. The zero-order valence-corrected chi connectivity index (χ0v) is 14.8. The lowest BCUT2D eigenvalue weighted by Gasteiger charge is -2.28. The van der Waals surface area contributed by atoms with E-state index in [0.717, 1.165) is 6.42 Å². The van der Waals surface area contributed by atoms with Crippen LogP contribution >= 0.6 is 0 Å². The fourth-order valence-corrected chi connectivity index (χ4v) is 2.84. The molecule has 4 heteroatoms. The van der Waals surface area contributed by atoms with Crippen LogP contribution in [0.4, 0.5) is 0 Å². The first kappa shape index (κ1) is 18.7. The minimum absolute atomic E-state index is 0.0830. The topological polar surface area (TPSA) is 52.6 Å². The van der Waals surface area contributed by atoms with Gasteiger partial charge in [0.15, 0.2) is 0 Å². The van der Waals surface area contributed by atoms with E-state index in [4.69, 9.17) is 9.47 Å². The summed E-state index contributed by atoms with van der Waals surface area (Å²) in [6.07, 6.45) is -0.000469. The minimum atomic E-state index is -0.367. The SMILES string of the molecule is CCC(C(C)OC(=O)c1ccccc1)C(C)OC(=O)c1ccccc1. The second-order valence-electron chi connectivity index (χ2n) is 6.03. The van der Waals surface area contributed by atoms with E-state index in [1.807, 2.05) is 32.9 Å². The van der Waals surface area contributed by atoms with E-state index >= 15 is 0 Å². The number of hydrogen-bond donors (Lipinski definition) is 0. The van der Waals surface area contributed by atoms with Gasteiger partial charge in [-0.2, -0.15) is 0 Å². The summed E-state index contributed by atoms with van der Waals surface area (Å²) in [5.41, 5.74) is 1.02. The van der Waals surface area contributed by atoms with E-state index in [1.165, 1.54) is 0 Å². The van der Waals surface area contributed by atoms with Crippen molar-refractivity contribution in [3.63, 3.8) is 0 Å². The normalized spacial score (nSPS) is 14.2. The third-order valence-electron chi connectivity index (χ3n) is 4.28. The van der Waals surface area contributed by atoms with Crippen molar-refractivity contribution in [2.24, 2.45) is 5.92 Å². The highest BCUT2D eigenvalue weighted by Crippen LogP contribution is 2.21. The van der Waals surface area contributed by atoms with Crippen LogP contribution in [0.3, 0.4) is 0 Å². The van der Waals surface area contributed by atoms with E-state index < -0.39 is 0 Å². The van der Waals surface area contributed by atoms with Gasteiger partial charge in [0.25, 0.3) is 0 Å². The molecule has 2 unspecified atom stereocenters. The first-order valence-corrected chi connectivity index (χ1v) is 8.55. The minimum Gasteiger partial charge on any atom is -0.459 e. The quantitative estimate of drug-likeness (QED) is 0.696. The maximum absolute atomic E-state index is 12.2. The van der Waals surface area contributed by atoms with Crippen LogP contribution in [0.25, 0.3) is 0 Å². The predicted molar refractivity (Wildman–Crippen MR) is 96.4 cm³/mol. The van der Waals surface area contributed by atoms with Gasteiger partial charge in [0.1, 0.15) is 12.2 Å². The Balaban J connectivity index is 1.97. The van der Waals surface area contributed by atoms with Gasteiger partial charge in [-0.3, -0.25) is 0 Å². The van der Waals surface area contributed by atoms with Crippen LogP contribution in [0.15, 0.2) is 60.7 Å². The molecule has 0 bridgehead atoms. The van der Waals surface area contributed by atoms with E-state index in [-0.39, 0.29) is 30.1 Å². The Morgan fingerprint density at radius 2 is 1.12 bits per heavy atom. The Kier molecular flexibility index (Phi) is 6.75. The van der Waals surface area contributed by atoms with Crippen LogP contribution in [0.5, 0.6) is 0 Å². The molecule has 0 amide bonds. The van der Waals surface area contributed by atoms with Crippen molar-refractivity contribution in [2.45, 2.75) is 39.4 Å². The van der Waals surface area contributed by atoms with Crippen molar-refractivity contribution >= 4 is 11.9 Å². The van der Waals surface area contributed by atoms with Crippen LogP contribution < -0.4 is 0 Å². The number of esters is 2. The Morgan fingerprint density at radius 3 is 1.44 bits per heavy atom. The molecule has 2 atom stereocenters. The molecule has 0 N–H and O–H groups in total. The van der Waals surface area contributed by atoms with E-state index in [1.54, 1.807) is 48.5 Å². The molecule has 2 aromatic rings. The summed E-state index contributed by atoms with van der Waals surface area (Å²) in [5.74, 6) is -0.818. The van der Waals surface area contributed by atoms with Crippen molar-refractivity contribution in [3.8, 4) is 0 Å². The van der Waals surface area contributed by atoms with E-state index in [9.17, 15) is 9.59 Å². The van der Waals surface area contributed by atoms with Crippen LogP contribution in [0.2, 0.25) is 0 Å². The maximum Gasteiger partial charge on any atom is 0.338 e. The molecule has 0 aromatic heterocycles. The molecule has 0 saturated carbocycles. The largest absolute Gasteiger partial charge is 0.459 e. The van der Waals surface area contributed by atoms with Crippen LogP contribution in [0, 0.1) is 5.92 Å². The molecule has 0 heterocycles. The highest BCUT2D eigenvalue weighted by molar-refractivity contribution is 5.90. The second-order valence-corrected chi connectivity index (χ2v) is 6.03. The molecule has 0 saturated heterocycles. The number of carbonyl (C=O) groups excluding carboxylic acids is 2. The Hall–Kier alpha value is -2.62. The standard InChI is InChI=1S/C21H24O4/c1-4-19(15(2)24-20(22)17-11-7-5-8-12-17)16(3)25-21(23)18-13-9-6-10-14-18/h5-16,19H,4H2,1-3H3. The van der Waals surface area contributed by atoms with Crippen molar-refractivity contribution in [2.75, 3.05) is 0 Å². The fraction of sp³-hybridized carbons (Fsp3) is 0.333. The average molecular weight is 340 g/mol. The van der Waals surface area contributed by atoms with Crippen LogP contribution in [-0.4, -0.2) is 24.1 Å². The molecule has 2 aromatic carbocycles. The highest BCUT2D eigenvalue weighted by atomic mass is 16.6. The highest BCUT2D eigenvalue weighted by Gasteiger charge is 2.28. The number of carbonyl (C=O) groups is 2. The Bertz CT molecular complexity index is 622. The fourth-order valence-electron chi connectivity index (χ4n) is 2.84. The number of hydrogen-bond acceptors (Lipinski definition) is 4. The van der Waals surface area contributed by atoms with Gasteiger partial charge in [-0.1, -0.05) is 43.3 Å². The monoisotopic (exact) mass is 340 g/mol. The summed E-state index contributed by atoms with van der Waals surface area (Å²) in [5, 5.41) is 0. The summed E-state index contributed by atoms with van der Waals surface area (Å²) < 4.78 is 11.1. The van der Waals surface area contributed by atoms with Crippen LogP contribution in [0.1, 0.15) is 47.9 Å². The van der Waals surface area contributed by atoms with Gasteiger partial charge >= 0.3 is 11.9 Å². The van der Waals surface area contributed by atoms with Crippen molar-refractivity contribution in [1.29, 1.82) is 0 Å². The zero-order valence-electron chi connectivity index (χ0n) is 14.8. The summed E-state index contributed by atoms with van der Waals surface area (Å²) in [7, 11) is 0. The predicted octanol–water partition coefficient (Wildman–Crippen LogP) is 4.50. The molecule has 0 spiro atoms. The van der Waals surface area contributed by atoms with E-state index in [2.05, 4.69) is 0 Å². The molecular weight excluding hydrogens is 316 g/mol. The van der Waals surface area contributed by atoms with Gasteiger partial charge in [0, 0.05) is 5.92 Å². The molecule has 2 rings (SSSR count). The van der Waals surface area contributed by atoms with Gasteiger partial charge in [-0.05, 0) is 44.5 Å². The van der Waals surface area contributed by atoms with Gasteiger partial charge in [0.05, 0.1) is 11.1 Å². The molecular formula is C21H24O4. The summed E-state index contributed by atoms with van der Waals surface area (Å²) in [4.78, 5) is 24.4. The summed E-state index contributed by atoms with van der Waals surface area (Å²) in [6, 6.07) is 17.7. The summed E-state index contributed by atoms with van der Waals surface area (Å²) in [6.45, 7) is 5.66. The lowest BCUT2D eigenvalue weighted by atomic mass is 9.94. The molecule has 0 fully saturated rings. The van der Waals surface area contributed by atoms with Gasteiger partial charge in [-0.25, -0.2) is 9.59 Å². The Morgan fingerprint density at radius 1 is 0.760 bits per heavy atom. The maximum atomic E-state index is 12.2. The molecule has 132 valence electrons. The van der Waals surface area contributed by atoms with Crippen molar-refractivity contribution < 1.29 is 19.1 Å². The first-order chi connectivity index (χ1) is 12.0. The zero-order chi connectivity index (χ0) is 18.2. The first-order valence-electron chi connectivity index (χ1n) is 8.55. The second kappa shape index (κ2) is 9.02. The number of benzene rings is 2. The third kappa shape index (κ3) is 5.18. The molecule has 25 heavy (non-hydrogen) atoms. The van der Waals surface area contributed by atoms with Gasteiger partial charge in [-0.15, -0.1) is 0 Å². The lowest BCUT2D eigenvalue weighted by molar-refractivity contribution is -0.0232. The van der Waals surface area contributed by atoms with Crippen LogP contribution in [-0.2, 0) is 9.47 Å². The molecule has 0 aliphatic rings. The Labute approximate surface area is 148 Å². The molecule has 0 aliphatic heterocycles. The smallest absolute Gasteiger partial charge is 0.338 e. The average Bonchev–Trinajstić information content (AvgIpc) is 2.63. The number of rotatable bonds is 7.